The Labute approximate surface area is 156 Å². The molecule has 26 heavy (non-hydrogen) atoms. The minimum Gasteiger partial charge on any atom is -0.342 e. The first kappa shape index (κ1) is 18.7. The van der Waals surface area contributed by atoms with Gasteiger partial charge in [-0.1, -0.05) is 6.07 Å². The minimum atomic E-state index is -0.684. The van der Waals surface area contributed by atoms with Crippen molar-refractivity contribution in [1.82, 2.24) is 14.9 Å². The molecular weight excluding hydrogens is 360 g/mol. The molecule has 7 heteroatoms. The van der Waals surface area contributed by atoms with Crippen LogP contribution in [-0.4, -0.2) is 33.9 Å². The molecule has 0 spiro atoms. The van der Waals surface area contributed by atoms with Crippen LogP contribution in [0.25, 0.3) is 0 Å². The van der Waals surface area contributed by atoms with Crippen LogP contribution in [-0.2, 0) is 17.1 Å². The van der Waals surface area contributed by atoms with Gasteiger partial charge < -0.3 is 4.90 Å². The van der Waals surface area contributed by atoms with E-state index >= 15 is 0 Å². The van der Waals surface area contributed by atoms with Gasteiger partial charge in [0.15, 0.2) is 0 Å². The maximum atomic E-state index is 13.7. The fraction of sp³-hybridized carbons (Fsp3) is 0.421. The lowest BCUT2D eigenvalue weighted by molar-refractivity contribution is -0.131. The van der Waals surface area contributed by atoms with Gasteiger partial charge in [0.25, 0.3) is 0 Å². The molecule has 1 fully saturated rings. The second-order valence-electron chi connectivity index (χ2n) is 6.49. The second-order valence-corrected chi connectivity index (χ2v) is 6.76. The highest BCUT2D eigenvalue weighted by atomic mass is 35.5. The topological polar surface area (TPSA) is 46.1 Å². The molecule has 2 heterocycles. The van der Waals surface area contributed by atoms with E-state index in [1.165, 1.54) is 18.2 Å². The molecular formula is C19H20ClF2N3O. The summed E-state index contributed by atoms with van der Waals surface area (Å²) in [6.07, 6.45) is 2.98. The Morgan fingerprint density at radius 2 is 1.92 bits per heavy atom. The Morgan fingerprint density at radius 1 is 1.27 bits per heavy atom. The third kappa shape index (κ3) is 4.01. The van der Waals surface area contributed by atoms with E-state index in [0.717, 1.165) is 24.1 Å². The highest BCUT2D eigenvalue weighted by Gasteiger charge is 2.27. The number of likely N-dealkylation sites (tertiary alicyclic amines) is 1. The maximum absolute atomic E-state index is 13.7. The molecule has 0 saturated carbocycles. The van der Waals surface area contributed by atoms with E-state index in [9.17, 15) is 13.6 Å². The van der Waals surface area contributed by atoms with Crippen LogP contribution in [0.5, 0.6) is 0 Å². The largest absolute Gasteiger partial charge is 0.342 e. The number of carbonyl (C=O) groups excluding carboxylic acids is 1. The summed E-state index contributed by atoms with van der Waals surface area (Å²) in [5.41, 5.74) is 1.69. The molecule has 0 atom stereocenters. The molecule has 138 valence electrons. The number of benzene rings is 1. The first-order valence-corrected chi connectivity index (χ1v) is 9.12. The van der Waals surface area contributed by atoms with Gasteiger partial charge in [0.2, 0.25) is 5.91 Å². The number of carbonyl (C=O) groups is 1. The molecule has 1 aromatic heterocycles. The van der Waals surface area contributed by atoms with E-state index in [1.54, 1.807) is 11.1 Å². The normalized spacial score (nSPS) is 15.3. The molecule has 2 aromatic rings. The van der Waals surface area contributed by atoms with E-state index in [2.05, 4.69) is 9.97 Å². The molecule has 1 aliphatic rings. The number of aromatic nitrogens is 2. The Hall–Kier alpha value is -2.08. The Kier molecular flexibility index (Phi) is 5.81. The predicted octanol–water partition coefficient (Wildman–Crippen LogP) is 3.75. The number of rotatable bonds is 4. The molecule has 1 aromatic carbocycles. The van der Waals surface area contributed by atoms with Gasteiger partial charge in [-0.05, 0) is 31.9 Å². The van der Waals surface area contributed by atoms with Crippen molar-refractivity contribution < 1.29 is 13.6 Å². The number of hydrogen-bond donors (Lipinski definition) is 0. The first-order chi connectivity index (χ1) is 12.5. The standard InChI is InChI=1S/C19H20ClF2N3O/c1-12-23-11-14(10-20)19(24-12)13-5-7-25(8-6-13)18(26)9-15-16(21)3-2-4-17(15)22/h2-4,11,13H,5-10H2,1H3. The van der Waals surface area contributed by atoms with E-state index in [0.29, 0.717) is 24.8 Å². The Morgan fingerprint density at radius 3 is 2.54 bits per heavy atom. The monoisotopic (exact) mass is 379 g/mol. The molecule has 1 amide bonds. The van der Waals surface area contributed by atoms with Gasteiger partial charge in [0, 0.05) is 36.3 Å². The van der Waals surface area contributed by atoms with Crippen molar-refractivity contribution in [1.29, 1.82) is 0 Å². The molecule has 0 radical (unpaired) electrons. The van der Waals surface area contributed by atoms with Gasteiger partial charge >= 0.3 is 0 Å². The van der Waals surface area contributed by atoms with E-state index in [1.807, 2.05) is 6.92 Å². The third-order valence-corrected chi connectivity index (χ3v) is 5.07. The lowest BCUT2D eigenvalue weighted by Gasteiger charge is -2.32. The van der Waals surface area contributed by atoms with Crippen LogP contribution in [0.4, 0.5) is 8.78 Å². The van der Waals surface area contributed by atoms with Gasteiger partial charge in [-0.25, -0.2) is 18.7 Å². The summed E-state index contributed by atoms with van der Waals surface area (Å²) < 4.78 is 27.5. The summed E-state index contributed by atoms with van der Waals surface area (Å²) >= 11 is 5.99. The van der Waals surface area contributed by atoms with Gasteiger partial charge in [0.05, 0.1) is 18.0 Å². The summed E-state index contributed by atoms with van der Waals surface area (Å²) in [5, 5.41) is 0. The van der Waals surface area contributed by atoms with Gasteiger partial charge in [-0.15, -0.1) is 11.6 Å². The van der Waals surface area contributed by atoms with Gasteiger partial charge in [-0.2, -0.15) is 0 Å². The average Bonchev–Trinajstić information content (AvgIpc) is 2.65. The SMILES string of the molecule is Cc1ncc(CCl)c(C2CCN(C(=O)Cc3c(F)cccc3F)CC2)n1. The van der Waals surface area contributed by atoms with Crippen molar-refractivity contribution >= 4 is 17.5 Å². The maximum Gasteiger partial charge on any atom is 0.227 e. The second kappa shape index (κ2) is 8.08. The molecule has 0 bridgehead atoms. The van der Waals surface area contributed by atoms with Crippen LogP contribution in [0.15, 0.2) is 24.4 Å². The average molecular weight is 380 g/mol. The number of halogens is 3. The van der Waals surface area contributed by atoms with Crippen molar-refractivity contribution in [2.45, 2.75) is 38.0 Å². The smallest absolute Gasteiger partial charge is 0.227 e. The molecule has 3 rings (SSSR count). The zero-order chi connectivity index (χ0) is 18.7. The fourth-order valence-corrected chi connectivity index (χ4v) is 3.54. The predicted molar refractivity (Wildman–Crippen MR) is 94.9 cm³/mol. The lowest BCUT2D eigenvalue weighted by atomic mass is 9.91. The van der Waals surface area contributed by atoms with Crippen LogP contribution in [0.1, 0.15) is 41.4 Å². The van der Waals surface area contributed by atoms with Crippen LogP contribution >= 0.6 is 11.6 Å². The third-order valence-electron chi connectivity index (χ3n) is 4.79. The van der Waals surface area contributed by atoms with Gasteiger partial charge in [0.1, 0.15) is 17.5 Å². The molecule has 1 saturated heterocycles. The Bertz CT molecular complexity index is 787. The van der Waals surface area contributed by atoms with E-state index in [4.69, 9.17) is 11.6 Å². The highest BCUT2D eigenvalue weighted by Crippen LogP contribution is 2.30. The number of piperidine rings is 1. The van der Waals surface area contributed by atoms with Crippen LogP contribution in [0.3, 0.4) is 0 Å². The van der Waals surface area contributed by atoms with Crippen LogP contribution < -0.4 is 0 Å². The van der Waals surface area contributed by atoms with E-state index in [-0.39, 0.29) is 23.8 Å². The Balaban J connectivity index is 1.65. The number of aryl methyl sites for hydroxylation is 1. The molecule has 0 aliphatic carbocycles. The fourth-order valence-electron chi connectivity index (χ4n) is 3.34. The van der Waals surface area contributed by atoms with Gasteiger partial charge in [-0.3, -0.25) is 4.79 Å². The van der Waals surface area contributed by atoms with Crippen molar-refractivity contribution in [2.24, 2.45) is 0 Å². The first-order valence-electron chi connectivity index (χ1n) is 8.58. The van der Waals surface area contributed by atoms with E-state index < -0.39 is 11.6 Å². The number of alkyl halides is 1. The quantitative estimate of drug-likeness (QED) is 0.760. The van der Waals surface area contributed by atoms with Crippen LogP contribution in [0, 0.1) is 18.6 Å². The minimum absolute atomic E-state index is 0.171. The molecule has 1 aliphatic heterocycles. The van der Waals surface area contributed by atoms with Crippen molar-refractivity contribution in [3.05, 3.63) is 58.7 Å². The summed E-state index contributed by atoms with van der Waals surface area (Å²) in [7, 11) is 0. The summed E-state index contributed by atoms with van der Waals surface area (Å²) in [4.78, 5) is 22.8. The number of nitrogens with zero attached hydrogens (tertiary/aromatic N) is 3. The number of amides is 1. The molecule has 0 N–H and O–H groups in total. The van der Waals surface area contributed by atoms with Crippen molar-refractivity contribution in [2.75, 3.05) is 13.1 Å². The zero-order valence-electron chi connectivity index (χ0n) is 14.5. The van der Waals surface area contributed by atoms with Crippen molar-refractivity contribution in [3.63, 3.8) is 0 Å². The van der Waals surface area contributed by atoms with Crippen molar-refractivity contribution in [3.8, 4) is 0 Å². The summed E-state index contributed by atoms with van der Waals surface area (Å²) in [6.45, 7) is 2.90. The van der Waals surface area contributed by atoms with Crippen LogP contribution in [0.2, 0.25) is 0 Å². The molecule has 4 nitrogen and oxygen atoms in total. The molecule has 0 unspecified atom stereocenters. The lowest BCUT2D eigenvalue weighted by Crippen LogP contribution is -2.39. The summed E-state index contributed by atoms with van der Waals surface area (Å²) in [6, 6.07) is 3.63. The zero-order valence-corrected chi connectivity index (χ0v) is 15.3. The highest BCUT2D eigenvalue weighted by molar-refractivity contribution is 6.17. The summed E-state index contributed by atoms with van der Waals surface area (Å²) in [5.74, 6) is -0.375. The number of hydrogen-bond acceptors (Lipinski definition) is 3.